The van der Waals surface area contributed by atoms with Crippen LogP contribution >= 0.6 is 0 Å². The molecule has 3 heterocycles. The van der Waals surface area contributed by atoms with E-state index in [1.54, 1.807) is 20.8 Å². The van der Waals surface area contributed by atoms with Crippen LogP contribution in [0.4, 0.5) is 29.6 Å². The maximum Gasteiger partial charge on any atom is 0.419 e. The van der Waals surface area contributed by atoms with Gasteiger partial charge >= 0.3 is 12.3 Å². The molecule has 0 atom stereocenters. The number of anilines is 2. The third kappa shape index (κ3) is 6.30. The van der Waals surface area contributed by atoms with E-state index in [2.05, 4.69) is 25.7 Å². The number of alkyl carbamates (subject to hydrolysis) is 1. The highest BCUT2D eigenvalue weighted by molar-refractivity contribution is 5.90. The first-order chi connectivity index (χ1) is 15.3. The van der Waals surface area contributed by atoms with Gasteiger partial charge in [-0.25, -0.2) is 19.3 Å². The molecular formula is C20H22F3N7O3. The summed E-state index contributed by atoms with van der Waals surface area (Å²) in [5.74, 6) is -0.846. The summed E-state index contributed by atoms with van der Waals surface area (Å²) in [6.45, 7) is 5.23. The van der Waals surface area contributed by atoms with Gasteiger partial charge in [0.25, 0.3) is 0 Å². The minimum Gasteiger partial charge on any atom is -0.444 e. The summed E-state index contributed by atoms with van der Waals surface area (Å²) in [4.78, 5) is 31.5. The van der Waals surface area contributed by atoms with Crippen molar-refractivity contribution in [1.29, 1.82) is 0 Å². The number of carbonyl (C=O) groups is 2. The highest BCUT2D eigenvalue weighted by atomic mass is 19.4. The van der Waals surface area contributed by atoms with Crippen LogP contribution < -0.4 is 16.4 Å². The molecule has 10 nitrogen and oxygen atoms in total. The number of amides is 2. The largest absolute Gasteiger partial charge is 0.444 e. The maximum atomic E-state index is 13.1. The number of nitrogens with two attached hydrogens (primary N) is 1. The van der Waals surface area contributed by atoms with Crippen LogP contribution in [0, 0.1) is 0 Å². The van der Waals surface area contributed by atoms with E-state index >= 15 is 0 Å². The highest BCUT2D eigenvalue weighted by Gasteiger charge is 2.34. The topological polar surface area (TPSA) is 137 Å². The normalized spacial score (nSPS) is 11.9. The molecular weight excluding hydrogens is 443 g/mol. The van der Waals surface area contributed by atoms with Crippen molar-refractivity contribution in [1.82, 2.24) is 24.9 Å². The van der Waals surface area contributed by atoms with Gasteiger partial charge < -0.3 is 21.1 Å². The number of carbonyl (C=O) groups excluding carboxylic acids is 2. The minimum atomic E-state index is -4.65. The van der Waals surface area contributed by atoms with Crippen molar-refractivity contribution in [2.45, 2.75) is 39.0 Å². The van der Waals surface area contributed by atoms with Gasteiger partial charge in [0.2, 0.25) is 5.91 Å². The zero-order valence-corrected chi connectivity index (χ0v) is 18.0. The molecule has 2 amide bonds. The number of aromatic nitrogens is 4. The monoisotopic (exact) mass is 465 g/mol. The molecule has 0 spiro atoms. The van der Waals surface area contributed by atoms with Gasteiger partial charge in [0, 0.05) is 24.7 Å². The number of alkyl halides is 3. The van der Waals surface area contributed by atoms with Crippen LogP contribution in [0.5, 0.6) is 0 Å². The number of fused-ring (bicyclic) bond motifs is 1. The standard InChI is InChI=1S/C20H22F3N7O3/c1-19(2,3)33-18(32)25-7-6-16(31)28-14-10-30-15(27-14)5-4-13(29-30)11-8-12(20(21,22)23)17(24)26-9-11/h4-5,8-10H,6-7H2,1-3H3,(H2,24,26)(H,25,32)(H,28,31). The van der Waals surface area contributed by atoms with Gasteiger partial charge in [-0.05, 0) is 39.0 Å². The van der Waals surface area contributed by atoms with Gasteiger partial charge in [-0.2, -0.15) is 18.3 Å². The molecule has 176 valence electrons. The molecule has 33 heavy (non-hydrogen) atoms. The summed E-state index contributed by atoms with van der Waals surface area (Å²) in [5.41, 5.74) is 4.32. The second-order valence-electron chi connectivity index (χ2n) is 8.03. The number of halogens is 3. The van der Waals surface area contributed by atoms with Gasteiger partial charge in [0.1, 0.15) is 11.4 Å². The fraction of sp³-hybridized carbons (Fsp3) is 0.350. The predicted octanol–water partition coefficient (Wildman–Crippen LogP) is 3.25. The Morgan fingerprint density at radius 1 is 1.21 bits per heavy atom. The summed E-state index contributed by atoms with van der Waals surface area (Å²) >= 11 is 0. The van der Waals surface area contributed by atoms with Crippen molar-refractivity contribution < 1.29 is 27.5 Å². The van der Waals surface area contributed by atoms with Gasteiger partial charge in [0.05, 0.1) is 17.5 Å². The Balaban J connectivity index is 1.67. The molecule has 0 fully saturated rings. The summed E-state index contributed by atoms with van der Waals surface area (Å²) in [6, 6.07) is 3.88. The van der Waals surface area contributed by atoms with E-state index in [0.29, 0.717) is 5.65 Å². The summed E-state index contributed by atoms with van der Waals surface area (Å²) in [7, 11) is 0. The van der Waals surface area contributed by atoms with Crippen LogP contribution in [0.3, 0.4) is 0 Å². The lowest BCUT2D eigenvalue weighted by Gasteiger charge is -2.19. The summed E-state index contributed by atoms with van der Waals surface area (Å²) < 4.78 is 45.7. The summed E-state index contributed by atoms with van der Waals surface area (Å²) in [5, 5.41) is 9.27. The zero-order valence-electron chi connectivity index (χ0n) is 18.0. The number of rotatable bonds is 5. The van der Waals surface area contributed by atoms with E-state index in [0.717, 1.165) is 6.07 Å². The molecule has 0 aromatic carbocycles. The number of hydrogen-bond donors (Lipinski definition) is 3. The molecule has 3 aromatic rings. The number of nitrogens with one attached hydrogen (secondary N) is 2. The van der Waals surface area contributed by atoms with Crippen LogP contribution in [0.2, 0.25) is 0 Å². The van der Waals surface area contributed by atoms with Gasteiger partial charge in [-0.1, -0.05) is 0 Å². The number of ether oxygens (including phenoxy) is 1. The Labute approximate surface area is 186 Å². The molecule has 13 heteroatoms. The molecule has 0 aliphatic heterocycles. The average molecular weight is 465 g/mol. The number of imidazole rings is 1. The Morgan fingerprint density at radius 3 is 2.61 bits per heavy atom. The van der Waals surface area contributed by atoms with Crippen LogP contribution in [-0.4, -0.2) is 43.7 Å². The summed E-state index contributed by atoms with van der Waals surface area (Å²) in [6.07, 6.45) is -2.71. The van der Waals surface area contributed by atoms with Crippen LogP contribution in [0.15, 0.2) is 30.6 Å². The van der Waals surface area contributed by atoms with Crippen molar-refractivity contribution >= 4 is 29.3 Å². The predicted molar refractivity (Wildman–Crippen MR) is 113 cm³/mol. The SMILES string of the molecule is CC(C)(C)OC(=O)NCCC(=O)Nc1cn2nc(-c3cnc(N)c(C(F)(F)F)c3)ccc2n1. The average Bonchev–Trinajstić information content (AvgIpc) is 3.07. The first kappa shape index (κ1) is 23.8. The molecule has 0 saturated carbocycles. The third-order valence-electron chi connectivity index (χ3n) is 4.13. The van der Waals surface area contributed by atoms with Crippen molar-refractivity contribution in [3.63, 3.8) is 0 Å². The van der Waals surface area contributed by atoms with Crippen molar-refractivity contribution in [3.05, 3.63) is 36.2 Å². The van der Waals surface area contributed by atoms with E-state index in [4.69, 9.17) is 10.5 Å². The van der Waals surface area contributed by atoms with E-state index in [1.165, 1.54) is 29.0 Å². The van der Waals surface area contributed by atoms with Crippen LogP contribution in [0.25, 0.3) is 16.9 Å². The number of nitrogens with zero attached hydrogens (tertiary/aromatic N) is 4. The van der Waals surface area contributed by atoms with Crippen LogP contribution in [0.1, 0.15) is 32.8 Å². The molecule has 3 rings (SSSR count). The Morgan fingerprint density at radius 2 is 1.94 bits per heavy atom. The molecule has 0 bridgehead atoms. The fourth-order valence-corrected chi connectivity index (χ4v) is 2.74. The second-order valence-corrected chi connectivity index (χ2v) is 8.03. The second kappa shape index (κ2) is 8.92. The number of hydrogen-bond acceptors (Lipinski definition) is 7. The Kier molecular flexibility index (Phi) is 6.42. The van der Waals surface area contributed by atoms with Crippen molar-refractivity contribution in [3.8, 4) is 11.3 Å². The van der Waals surface area contributed by atoms with E-state index in [1.807, 2.05) is 0 Å². The van der Waals surface area contributed by atoms with Crippen molar-refractivity contribution in [2.75, 3.05) is 17.6 Å². The quantitative estimate of drug-likeness (QED) is 0.526. The molecule has 0 aliphatic rings. The van der Waals surface area contributed by atoms with Crippen molar-refractivity contribution in [2.24, 2.45) is 0 Å². The first-order valence-electron chi connectivity index (χ1n) is 9.78. The maximum absolute atomic E-state index is 13.1. The molecule has 0 saturated heterocycles. The van der Waals surface area contributed by atoms with Gasteiger partial charge in [-0.3, -0.25) is 4.79 Å². The zero-order chi connectivity index (χ0) is 24.4. The smallest absolute Gasteiger partial charge is 0.419 e. The van der Waals surface area contributed by atoms with Gasteiger partial charge in [0.15, 0.2) is 11.5 Å². The van der Waals surface area contributed by atoms with Gasteiger partial charge in [-0.15, -0.1) is 0 Å². The minimum absolute atomic E-state index is 0.0247. The van der Waals surface area contributed by atoms with E-state index < -0.39 is 35.2 Å². The molecule has 0 radical (unpaired) electrons. The highest BCUT2D eigenvalue weighted by Crippen LogP contribution is 2.34. The van der Waals surface area contributed by atoms with E-state index in [9.17, 15) is 22.8 Å². The third-order valence-corrected chi connectivity index (χ3v) is 4.13. The lowest BCUT2D eigenvalue weighted by atomic mass is 10.1. The fourth-order valence-electron chi connectivity index (χ4n) is 2.74. The van der Waals surface area contributed by atoms with Crippen LogP contribution in [-0.2, 0) is 15.7 Å². The lowest BCUT2D eigenvalue weighted by molar-refractivity contribution is -0.137. The Hall–Kier alpha value is -3.90. The molecule has 0 unspecified atom stereocenters. The number of pyridine rings is 1. The van der Waals surface area contributed by atoms with E-state index in [-0.39, 0.29) is 30.0 Å². The molecule has 0 aliphatic carbocycles. The first-order valence-corrected chi connectivity index (χ1v) is 9.78. The molecule has 4 N–H and O–H groups in total. The molecule has 3 aromatic heterocycles. The number of nitrogen functional groups attached to an aromatic ring is 1. The lowest BCUT2D eigenvalue weighted by Crippen LogP contribution is -2.34. The Bertz CT molecular complexity index is 1190.